The van der Waals surface area contributed by atoms with Gasteiger partial charge < -0.3 is 4.74 Å². The number of benzene rings is 2. The molecular formula is C19H19ClN4O4S2. The second-order valence-electron chi connectivity index (χ2n) is 6.45. The highest BCUT2D eigenvalue weighted by atomic mass is 35.5. The lowest BCUT2D eigenvalue weighted by Crippen LogP contribution is -2.36. The Morgan fingerprint density at radius 1 is 1.17 bits per heavy atom. The molecule has 3 aromatic rings. The van der Waals surface area contributed by atoms with E-state index in [0.29, 0.717) is 5.75 Å². The highest BCUT2D eigenvalue weighted by Gasteiger charge is 2.23. The Kier molecular flexibility index (Phi) is 7.03. The number of amides is 1. The van der Waals surface area contributed by atoms with Gasteiger partial charge in [-0.1, -0.05) is 52.8 Å². The second-order valence-corrected chi connectivity index (χ2v) is 9.73. The number of nitrogens with zero attached hydrogens (tertiary/aromatic N) is 2. The van der Waals surface area contributed by atoms with Gasteiger partial charge in [0.25, 0.3) is 15.9 Å². The van der Waals surface area contributed by atoms with E-state index in [2.05, 4.69) is 20.2 Å². The molecule has 1 aromatic heterocycles. The van der Waals surface area contributed by atoms with E-state index >= 15 is 0 Å². The first kappa shape index (κ1) is 22.2. The number of carbonyl (C=O) groups excluding carboxylic acids is 1. The predicted octanol–water partition coefficient (Wildman–Crippen LogP) is 3.50. The van der Waals surface area contributed by atoms with Crippen LogP contribution in [0, 0.1) is 6.92 Å². The Bertz CT molecular complexity index is 1130. The average Bonchev–Trinajstić information content (AvgIpc) is 3.17. The summed E-state index contributed by atoms with van der Waals surface area (Å²) < 4.78 is 32.9. The number of rotatable bonds is 8. The highest BCUT2D eigenvalue weighted by Crippen LogP contribution is 2.22. The fourth-order valence-electron chi connectivity index (χ4n) is 2.38. The van der Waals surface area contributed by atoms with Gasteiger partial charge in [-0.25, -0.2) is 13.1 Å². The summed E-state index contributed by atoms with van der Waals surface area (Å²) >= 11 is 6.73. The van der Waals surface area contributed by atoms with E-state index in [1.54, 1.807) is 31.2 Å². The standard InChI is InChI=1S/C19H19ClN4O4S2/c1-12-7-9-14(10-8-12)28-11-13(2)24-30(26,27)19-23-22-18(29-19)21-17(25)15-5-3-4-6-16(15)20/h3-10,13,24H,11H2,1-2H3,(H,21,22,25)/t13-/m0/s1. The van der Waals surface area contributed by atoms with Crippen LogP contribution in [0.3, 0.4) is 0 Å². The van der Waals surface area contributed by atoms with E-state index < -0.39 is 22.0 Å². The molecule has 0 unspecified atom stereocenters. The van der Waals surface area contributed by atoms with E-state index in [0.717, 1.165) is 16.9 Å². The van der Waals surface area contributed by atoms with Crippen molar-refractivity contribution >= 4 is 44.0 Å². The van der Waals surface area contributed by atoms with Crippen molar-refractivity contribution in [3.8, 4) is 5.75 Å². The minimum Gasteiger partial charge on any atom is -0.492 e. The minimum atomic E-state index is -3.92. The quantitative estimate of drug-likeness (QED) is 0.491. The van der Waals surface area contributed by atoms with Crippen LogP contribution >= 0.6 is 22.9 Å². The van der Waals surface area contributed by atoms with Crippen LogP contribution < -0.4 is 14.8 Å². The molecule has 0 saturated heterocycles. The normalized spacial score (nSPS) is 12.4. The third-order valence-electron chi connectivity index (χ3n) is 3.85. The molecule has 8 nitrogen and oxygen atoms in total. The molecule has 1 atom stereocenters. The largest absolute Gasteiger partial charge is 0.492 e. The number of hydrogen-bond donors (Lipinski definition) is 2. The summed E-state index contributed by atoms with van der Waals surface area (Å²) in [6.45, 7) is 3.78. The highest BCUT2D eigenvalue weighted by molar-refractivity contribution is 7.91. The van der Waals surface area contributed by atoms with Crippen LogP contribution in [0.5, 0.6) is 5.75 Å². The maximum absolute atomic E-state index is 12.5. The molecule has 1 amide bonds. The summed E-state index contributed by atoms with van der Waals surface area (Å²) in [5, 5.41) is 10.2. The first-order valence-electron chi connectivity index (χ1n) is 8.86. The van der Waals surface area contributed by atoms with Crippen LogP contribution in [-0.4, -0.2) is 37.2 Å². The van der Waals surface area contributed by atoms with Crippen molar-refractivity contribution in [1.82, 2.24) is 14.9 Å². The maximum atomic E-state index is 12.5. The van der Waals surface area contributed by atoms with Crippen molar-refractivity contribution in [2.24, 2.45) is 0 Å². The molecule has 158 valence electrons. The lowest BCUT2D eigenvalue weighted by Gasteiger charge is -2.14. The summed E-state index contributed by atoms with van der Waals surface area (Å²) in [7, 11) is -3.92. The number of sulfonamides is 1. The fourth-order valence-corrected chi connectivity index (χ4v) is 4.74. The molecule has 0 aliphatic rings. The molecule has 0 saturated carbocycles. The number of nitrogens with one attached hydrogen (secondary N) is 2. The van der Waals surface area contributed by atoms with Gasteiger partial charge in [-0.15, -0.1) is 10.2 Å². The molecule has 2 aromatic carbocycles. The molecule has 0 aliphatic heterocycles. The molecule has 0 spiro atoms. The van der Waals surface area contributed by atoms with Gasteiger partial charge in [0.15, 0.2) is 0 Å². The lowest BCUT2D eigenvalue weighted by atomic mass is 10.2. The number of aromatic nitrogens is 2. The first-order chi connectivity index (χ1) is 14.2. The van der Waals surface area contributed by atoms with Gasteiger partial charge in [0.1, 0.15) is 12.4 Å². The molecule has 0 bridgehead atoms. The van der Waals surface area contributed by atoms with Gasteiger partial charge in [0.05, 0.1) is 16.6 Å². The van der Waals surface area contributed by atoms with Crippen molar-refractivity contribution in [3.05, 3.63) is 64.7 Å². The number of anilines is 1. The monoisotopic (exact) mass is 466 g/mol. The molecule has 3 rings (SSSR count). The van der Waals surface area contributed by atoms with Crippen molar-refractivity contribution in [2.45, 2.75) is 24.2 Å². The van der Waals surface area contributed by atoms with Gasteiger partial charge in [-0.3, -0.25) is 10.1 Å². The fraction of sp³-hybridized carbons (Fsp3) is 0.211. The molecule has 2 N–H and O–H groups in total. The molecular weight excluding hydrogens is 448 g/mol. The molecule has 0 aliphatic carbocycles. The zero-order valence-electron chi connectivity index (χ0n) is 16.1. The summed E-state index contributed by atoms with van der Waals surface area (Å²) in [4.78, 5) is 12.3. The number of carbonyl (C=O) groups is 1. The molecule has 30 heavy (non-hydrogen) atoms. The Morgan fingerprint density at radius 2 is 1.87 bits per heavy atom. The Morgan fingerprint density at radius 3 is 2.57 bits per heavy atom. The number of ether oxygens (including phenoxy) is 1. The third-order valence-corrected chi connectivity index (χ3v) is 6.98. The zero-order valence-corrected chi connectivity index (χ0v) is 18.5. The van der Waals surface area contributed by atoms with E-state index in [9.17, 15) is 13.2 Å². The van der Waals surface area contributed by atoms with Crippen LogP contribution in [0.4, 0.5) is 5.13 Å². The predicted molar refractivity (Wildman–Crippen MR) is 116 cm³/mol. The minimum absolute atomic E-state index is 0.0452. The summed E-state index contributed by atoms with van der Waals surface area (Å²) in [6, 6.07) is 13.4. The van der Waals surface area contributed by atoms with Crippen LogP contribution in [0.1, 0.15) is 22.8 Å². The van der Waals surface area contributed by atoms with Crippen LogP contribution in [0.25, 0.3) is 0 Å². The molecule has 1 heterocycles. The van der Waals surface area contributed by atoms with Gasteiger partial charge in [-0.05, 0) is 38.1 Å². The smallest absolute Gasteiger partial charge is 0.270 e. The molecule has 11 heteroatoms. The Balaban J connectivity index is 1.59. The van der Waals surface area contributed by atoms with Crippen molar-refractivity contribution < 1.29 is 17.9 Å². The zero-order chi connectivity index (χ0) is 21.7. The van der Waals surface area contributed by atoms with Crippen LogP contribution in [-0.2, 0) is 10.0 Å². The van der Waals surface area contributed by atoms with Crippen LogP contribution in [0.15, 0.2) is 52.9 Å². The number of hydrogen-bond acceptors (Lipinski definition) is 7. The molecule has 0 fully saturated rings. The summed E-state index contributed by atoms with van der Waals surface area (Å²) in [5.74, 6) is 0.139. The maximum Gasteiger partial charge on any atom is 0.270 e. The number of halogens is 1. The van der Waals surface area contributed by atoms with Gasteiger partial charge in [0.2, 0.25) is 9.47 Å². The van der Waals surface area contributed by atoms with Gasteiger partial charge in [-0.2, -0.15) is 0 Å². The topological polar surface area (TPSA) is 110 Å². The van der Waals surface area contributed by atoms with Crippen molar-refractivity contribution in [1.29, 1.82) is 0 Å². The molecule has 0 radical (unpaired) electrons. The van der Waals surface area contributed by atoms with E-state index in [1.165, 1.54) is 0 Å². The SMILES string of the molecule is Cc1ccc(OC[C@H](C)NS(=O)(=O)c2nnc(NC(=O)c3ccccc3Cl)s2)cc1. The average molecular weight is 467 g/mol. The first-order valence-corrected chi connectivity index (χ1v) is 11.5. The number of aryl methyl sites for hydroxylation is 1. The van der Waals surface area contributed by atoms with Gasteiger partial charge >= 0.3 is 0 Å². The lowest BCUT2D eigenvalue weighted by molar-refractivity contribution is 0.102. The van der Waals surface area contributed by atoms with E-state index in [1.807, 2.05) is 31.2 Å². The Labute approximate surface area is 183 Å². The second kappa shape index (κ2) is 9.52. The summed E-state index contributed by atoms with van der Waals surface area (Å²) in [5.41, 5.74) is 1.35. The van der Waals surface area contributed by atoms with Gasteiger partial charge in [0, 0.05) is 0 Å². The van der Waals surface area contributed by atoms with Crippen molar-refractivity contribution in [3.63, 3.8) is 0 Å². The van der Waals surface area contributed by atoms with Crippen molar-refractivity contribution in [2.75, 3.05) is 11.9 Å². The van der Waals surface area contributed by atoms with E-state index in [-0.39, 0.29) is 26.7 Å². The summed E-state index contributed by atoms with van der Waals surface area (Å²) in [6.07, 6.45) is 0. The Hall–Kier alpha value is -2.53. The third kappa shape index (κ3) is 5.76. The van der Waals surface area contributed by atoms with Crippen LogP contribution in [0.2, 0.25) is 5.02 Å². The van der Waals surface area contributed by atoms with E-state index in [4.69, 9.17) is 16.3 Å².